The molecule has 1 amide bonds. The fourth-order valence-corrected chi connectivity index (χ4v) is 9.52. The van der Waals surface area contributed by atoms with Crippen molar-refractivity contribution in [1.82, 2.24) is 5.32 Å². The Hall–Kier alpha value is -2.37. The van der Waals surface area contributed by atoms with Crippen molar-refractivity contribution in [1.29, 1.82) is 0 Å². The molecule has 0 bridgehead atoms. The highest BCUT2D eigenvalue weighted by molar-refractivity contribution is 5.76. The minimum absolute atomic E-state index is 0.140. The maximum atomic E-state index is 13.1. The summed E-state index contributed by atoms with van der Waals surface area (Å²) < 4.78 is 11.3. The lowest BCUT2D eigenvalue weighted by Gasteiger charge is -2.40. The molecule has 0 aromatic heterocycles. The highest BCUT2D eigenvalue weighted by Gasteiger charge is 2.44. The van der Waals surface area contributed by atoms with E-state index in [1.165, 1.54) is 167 Å². The molecule has 1 heterocycles. The molecule has 73 heavy (non-hydrogen) atoms. The third-order valence-electron chi connectivity index (χ3n) is 14.3. The predicted octanol–water partition coefficient (Wildman–Crippen LogP) is 15.6. The summed E-state index contributed by atoms with van der Waals surface area (Å²) in [6.45, 7) is 3.74. The van der Waals surface area contributed by atoms with Gasteiger partial charge in [0.2, 0.25) is 5.91 Å². The van der Waals surface area contributed by atoms with Crippen molar-refractivity contribution in [3.05, 3.63) is 72.9 Å². The molecule has 6 N–H and O–H groups in total. The smallest absolute Gasteiger partial charge is 0.220 e. The van der Waals surface area contributed by atoms with Crippen LogP contribution in [-0.2, 0) is 14.3 Å². The molecule has 7 atom stereocenters. The second-order valence-corrected chi connectivity index (χ2v) is 21.1. The van der Waals surface area contributed by atoms with Gasteiger partial charge in [-0.3, -0.25) is 4.79 Å². The molecule has 0 aromatic rings. The summed E-state index contributed by atoms with van der Waals surface area (Å²) in [6.07, 6.45) is 66.4. The van der Waals surface area contributed by atoms with Gasteiger partial charge in [-0.25, -0.2) is 0 Å². The Bertz CT molecular complexity index is 1380. The molecular formula is C64H115NO8. The van der Waals surface area contributed by atoms with Gasteiger partial charge in [0.25, 0.3) is 0 Å². The molecule has 9 nitrogen and oxygen atoms in total. The summed E-state index contributed by atoms with van der Waals surface area (Å²) in [6, 6.07) is -0.724. The number of unbranched alkanes of at least 4 members (excludes halogenated alkanes) is 30. The molecule has 1 saturated heterocycles. The van der Waals surface area contributed by atoms with Crippen LogP contribution < -0.4 is 5.32 Å². The van der Waals surface area contributed by atoms with E-state index in [2.05, 4.69) is 92.1 Å². The van der Waals surface area contributed by atoms with Crippen LogP contribution in [0, 0.1) is 0 Å². The van der Waals surface area contributed by atoms with Crippen molar-refractivity contribution in [3.8, 4) is 0 Å². The number of aliphatic hydroxyl groups excluding tert-OH is 5. The van der Waals surface area contributed by atoms with Crippen LogP contribution in [0.2, 0.25) is 0 Å². The number of allylic oxidation sites excluding steroid dienone is 12. The Morgan fingerprint density at radius 3 is 1.26 bits per heavy atom. The second kappa shape index (κ2) is 53.0. The van der Waals surface area contributed by atoms with Crippen LogP contribution in [0.5, 0.6) is 0 Å². The van der Waals surface area contributed by atoms with Gasteiger partial charge >= 0.3 is 0 Å². The van der Waals surface area contributed by atoms with Gasteiger partial charge in [0.1, 0.15) is 24.4 Å². The standard InChI is InChI=1S/C64H115NO8/c1-3-5-7-9-11-13-15-17-19-21-23-24-25-26-27-28-29-30-31-32-33-34-36-38-40-42-44-46-48-50-52-54-60(68)65-57(56-72-64-63(71)62(70)61(69)59(55-66)73-64)58(67)53-51-49-47-45-43-41-39-37-35-22-20-18-16-14-12-10-8-6-4-2/h5,7,11,13,17,19,23-24,26-27,29-30,57-59,61-64,66-67,69-71H,3-4,6,8-10,12,14-16,18,20-22,25,28,31-56H2,1-2H3,(H,65,68)/b7-5-,13-11-,19-17-,24-23-,27-26-,30-29-. The van der Waals surface area contributed by atoms with E-state index in [1.54, 1.807) is 0 Å². The van der Waals surface area contributed by atoms with Crippen LogP contribution in [0.1, 0.15) is 271 Å². The zero-order valence-corrected chi connectivity index (χ0v) is 47.1. The third kappa shape index (κ3) is 42.4. The van der Waals surface area contributed by atoms with Gasteiger partial charge in [0, 0.05) is 6.42 Å². The summed E-state index contributed by atoms with van der Waals surface area (Å²) in [5.74, 6) is -0.146. The van der Waals surface area contributed by atoms with Gasteiger partial charge < -0.3 is 40.3 Å². The van der Waals surface area contributed by atoms with E-state index in [0.29, 0.717) is 12.8 Å². The molecule has 424 valence electrons. The van der Waals surface area contributed by atoms with Crippen molar-refractivity contribution in [2.45, 2.75) is 314 Å². The lowest BCUT2D eigenvalue weighted by Crippen LogP contribution is -2.60. The Morgan fingerprint density at radius 2 is 0.849 bits per heavy atom. The fourth-order valence-electron chi connectivity index (χ4n) is 9.52. The first kappa shape index (κ1) is 68.6. The quantitative estimate of drug-likeness (QED) is 0.0261. The normalized spacial score (nSPS) is 19.6. The number of ether oxygens (including phenoxy) is 2. The molecule has 1 aliphatic rings. The van der Waals surface area contributed by atoms with E-state index in [9.17, 15) is 30.3 Å². The fraction of sp³-hybridized carbons (Fsp3) is 0.797. The summed E-state index contributed by atoms with van der Waals surface area (Å²) >= 11 is 0. The van der Waals surface area contributed by atoms with Crippen molar-refractivity contribution in [3.63, 3.8) is 0 Å². The number of rotatable bonds is 52. The van der Waals surface area contributed by atoms with Crippen LogP contribution in [0.3, 0.4) is 0 Å². The van der Waals surface area contributed by atoms with Gasteiger partial charge in [0.15, 0.2) is 6.29 Å². The van der Waals surface area contributed by atoms with Crippen LogP contribution in [0.4, 0.5) is 0 Å². The molecule has 9 heteroatoms. The summed E-state index contributed by atoms with van der Waals surface area (Å²) in [7, 11) is 0. The van der Waals surface area contributed by atoms with Crippen LogP contribution in [0.15, 0.2) is 72.9 Å². The largest absolute Gasteiger partial charge is 0.394 e. The number of hydrogen-bond donors (Lipinski definition) is 6. The monoisotopic (exact) mass is 1030 g/mol. The first-order valence-corrected chi connectivity index (χ1v) is 30.6. The lowest BCUT2D eigenvalue weighted by molar-refractivity contribution is -0.302. The van der Waals surface area contributed by atoms with Gasteiger partial charge in [0.05, 0.1) is 25.4 Å². The van der Waals surface area contributed by atoms with E-state index in [4.69, 9.17) is 9.47 Å². The number of amides is 1. The van der Waals surface area contributed by atoms with Crippen LogP contribution >= 0.6 is 0 Å². The van der Waals surface area contributed by atoms with Crippen LogP contribution in [-0.4, -0.2) is 87.5 Å². The molecule has 0 saturated carbocycles. The van der Waals surface area contributed by atoms with Gasteiger partial charge in [-0.15, -0.1) is 0 Å². The molecule has 7 unspecified atom stereocenters. The van der Waals surface area contributed by atoms with Gasteiger partial charge in [-0.1, -0.05) is 273 Å². The number of aliphatic hydroxyl groups is 5. The predicted molar refractivity (Wildman–Crippen MR) is 309 cm³/mol. The maximum Gasteiger partial charge on any atom is 0.220 e. The zero-order valence-electron chi connectivity index (χ0n) is 47.1. The maximum absolute atomic E-state index is 13.1. The summed E-state index contributed by atoms with van der Waals surface area (Å²) in [4.78, 5) is 13.1. The minimum atomic E-state index is -1.56. The third-order valence-corrected chi connectivity index (χ3v) is 14.3. The Labute approximate surface area is 448 Å². The molecule has 1 fully saturated rings. The SMILES string of the molecule is CC/C=C\C/C=C\C/C=C\C/C=C\C/C=C\C/C=C\CCCCCCCCCCCCCCC(=O)NC(COC1OC(CO)C(O)C(O)C1O)C(O)CCCCCCCCCCCCCCCCCCCCC. The van der Waals surface area contributed by atoms with E-state index in [-0.39, 0.29) is 12.5 Å². The van der Waals surface area contributed by atoms with E-state index in [0.717, 1.165) is 77.0 Å². The Kier molecular flexibility index (Phi) is 49.9. The molecule has 0 aromatic carbocycles. The van der Waals surface area contributed by atoms with Gasteiger partial charge in [-0.2, -0.15) is 0 Å². The lowest BCUT2D eigenvalue weighted by atomic mass is 9.99. The highest BCUT2D eigenvalue weighted by Crippen LogP contribution is 2.23. The summed E-state index contributed by atoms with van der Waals surface area (Å²) in [5.41, 5.74) is 0. The second-order valence-electron chi connectivity index (χ2n) is 21.1. The Balaban J connectivity index is 2.17. The van der Waals surface area contributed by atoms with Gasteiger partial charge in [-0.05, 0) is 64.2 Å². The van der Waals surface area contributed by atoms with Crippen molar-refractivity contribution in [2.24, 2.45) is 0 Å². The first-order valence-electron chi connectivity index (χ1n) is 30.6. The number of hydrogen-bond acceptors (Lipinski definition) is 8. The van der Waals surface area contributed by atoms with Crippen molar-refractivity contribution < 1.29 is 39.8 Å². The summed E-state index contributed by atoms with van der Waals surface area (Å²) in [5, 5.41) is 54.8. The minimum Gasteiger partial charge on any atom is -0.394 e. The van der Waals surface area contributed by atoms with Crippen LogP contribution in [0.25, 0.3) is 0 Å². The molecule has 0 aliphatic carbocycles. The zero-order chi connectivity index (χ0) is 52.9. The van der Waals surface area contributed by atoms with Crippen molar-refractivity contribution in [2.75, 3.05) is 13.2 Å². The Morgan fingerprint density at radius 1 is 0.479 bits per heavy atom. The van der Waals surface area contributed by atoms with E-state index in [1.807, 2.05) is 0 Å². The molecular weight excluding hydrogens is 911 g/mol. The number of carbonyl (C=O) groups excluding carboxylic acids is 1. The molecule has 1 aliphatic heterocycles. The number of nitrogens with one attached hydrogen (secondary N) is 1. The average molecular weight is 1030 g/mol. The van der Waals surface area contributed by atoms with E-state index >= 15 is 0 Å². The highest BCUT2D eigenvalue weighted by atomic mass is 16.7. The topological polar surface area (TPSA) is 149 Å². The first-order chi connectivity index (χ1) is 35.8. The molecule has 0 radical (unpaired) electrons. The molecule has 0 spiro atoms. The molecule has 1 rings (SSSR count). The average Bonchev–Trinajstić information content (AvgIpc) is 3.39. The number of carbonyl (C=O) groups is 1. The van der Waals surface area contributed by atoms with E-state index < -0.39 is 49.5 Å². The van der Waals surface area contributed by atoms with Crippen molar-refractivity contribution >= 4 is 5.91 Å².